The predicted octanol–water partition coefficient (Wildman–Crippen LogP) is 4.48. The largest absolute Gasteiger partial charge is 0.495 e. The van der Waals surface area contributed by atoms with Crippen LogP contribution in [0.15, 0.2) is 47.4 Å². The van der Waals surface area contributed by atoms with Crippen molar-refractivity contribution < 1.29 is 26.3 Å². The van der Waals surface area contributed by atoms with Crippen molar-refractivity contribution in [1.82, 2.24) is 9.47 Å². The minimum absolute atomic E-state index is 0.0918. The van der Waals surface area contributed by atoms with E-state index in [1.807, 2.05) is 6.07 Å². The Morgan fingerprint density at radius 1 is 1.12 bits per heavy atom. The quantitative estimate of drug-likeness (QED) is 0.303. The number of rotatable bonds is 8. The lowest BCUT2D eigenvalue weighted by atomic mass is 10.0. The van der Waals surface area contributed by atoms with Gasteiger partial charge >= 0.3 is 6.18 Å². The van der Waals surface area contributed by atoms with Gasteiger partial charge in [0.1, 0.15) is 12.3 Å². The minimum Gasteiger partial charge on any atom is -0.495 e. The first-order chi connectivity index (χ1) is 19.0. The number of anilines is 2. The topological polar surface area (TPSA) is 99.4 Å². The third-order valence-corrected chi connectivity index (χ3v) is 7.82. The summed E-state index contributed by atoms with van der Waals surface area (Å²) in [4.78, 5) is 2.19. The Balaban J connectivity index is 1.57. The number of fused-ring (bicyclic) bond motifs is 1. The number of nitrogens with zero attached hydrogens (tertiary/aromatic N) is 3. The molecule has 2 heterocycles. The van der Waals surface area contributed by atoms with E-state index in [1.165, 1.54) is 23.8 Å². The Hall–Kier alpha value is -3.87. The smallest absolute Gasteiger partial charge is 0.406 e. The van der Waals surface area contributed by atoms with E-state index in [-0.39, 0.29) is 23.2 Å². The standard InChI is InChI=1S/C28H30F3N5O3S/c1-39-27-18-22(40(2,37)38)8-9-25(27)33-13-4-5-21-17-23-24(34-20-10-14-35(15-11-20)16-12-32)6-3-7-26(23)36(21)19-28(29,30)31/h3,6-9,17-18,20,33-34H,10-11,13-16,19H2,1-2H3. The summed E-state index contributed by atoms with van der Waals surface area (Å²) in [5.74, 6) is 6.05. The highest BCUT2D eigenvalue weighted by atomic mass is 32.2. The van der Waals surface area contributed by atoms with Gasteiger partial charge in [-0.1, -0.05) is 12.0 Å². The van der Waals surface area contributed by atoms with Crippen LogP contribution < -0.4 is 15.4 Å². The lowest BCUT2D eigenvalue weighted by Gasteiger charge is -2.31. The lowest BCUT2D eigenvalue weighted by Crippen LogP contribution is -2.39. The van der Waals surface area contributed by atoms with Gasteiger partial charge in [0.25, 0.3) is 0 Å². The van der Waals surface area contributed by atoms with Crippen molar-refractivity contribution >= 4 is 32.1 Å². The molecule has 0 saturated carbocycles. The monoisotopic (exact) mass is 573 g/mol. The first-order valence-corrected chi connectivity index (χ1v) is 14.5. The first-order valence-electron chi connectivity index (χ1n) is 12.6. The normalized spacial score (nSPS) is 14.8. The molecule has 2 aromatic carbocycles. The number of nitriles is 1. The van der Waals surface area contributed by atoms with E-state index in [4.69, 9.17) is 10.00 Å². The van der Waals surface area contributed by atoms with Crippen molar-refractivity contribution in [1.29, 1.82) is 5.26 Å². The molecule has 1 saturated heterocycles. The molecule has 1 aliphatic rings. The number of hydrogen-bond acceptors (Lipinski definition) is 7. The van der Waals surface area contributed by atoms with Crippen LogP contribution in [-0.4, -0.2) is 69.6 Å². The molecule has 0 atom stereocenters. The maximum absolute atomic E-state index is 13.5. The molecule has 0 amide bonds. The molecule has 0 spiro atoms. The number of hydrogen-bond donors (Lipinski definition) is 2. The van der Waals surface area contributed by atoms with Crippen LogP contribution in [0.4, 0.5) is 24.5 Å². The van der Waals surface area contributed by atoms with Gasteiger partial charge in [-0.3, -0.25) is 4.90 Å². The second-order valence-electron chi connectivity index (χ2n) is 9.61. The van der Waals surface area contributed by atoms with Gasteiger partial charge in [-0.2, -0.15) is 18.4 Å². The summed E-state index contributed by atoms with van der Waals surface area (Å²) in [6.45, 7) is 0.862. The number of likely N-dealkylation sites (tertiary alicyclic amines) is 1. The van der Waals surface area contributed by atoms with Crippen LogP contribution >= 0.6 is 0 Å². The molecule has 212 valence electrons. The fraction of sp³-hybridized carbons (Fsp3) is 0.393. The molecule has 40 heavy (non-hydrogen) atoms. The van der Waals surface area contributed by atoms with Crippen molar-refractivity contribution in [3.05, 3.63) is 48.2 Å². The van der Waals surface area contributed by atoms with Crippen LogP contribution in [0.3, 0.4) is 0 Å². The van der Waals surface area contributed by atoms with Crippen molar-refractivity contribution in [3.8, 4) is 23.7 Å². The number of aromatic nitrogens is 1. The molecular formula is C28H30F3N5O3S. The van der Waals surface area contributed by atoms with Crippen LogP contribution in [0.2, 0.25) is 0 Å². The zero-order valence-electron chi connectivity index (χ0n) is 22.2. The van der Waals surface area contributed by atoms with Gasteiger partial charge in [-0.15, -0.1) is 0 Å². The molecule has 8 nitrogen and oxygen atoms in total. The Labute approximate surface area is 231 Å². The maximum atomic E-state index is 13.5. The molecule has 0 aliphatic carbocycles. The zero-order valence-corrected chi connectivity index (χ0v) is 23.0. The Morgan fingerprint density at radius 3 is 2.52 bits per heavy atom. The number of nitrogens with one attached hydrogen (secondary N) is 2. The first kappa shape index (κ1) is 29.1. The molecule has 0 unspecified atom stereocenters. The maximum Gasteiger partial charge on any atom is 0.406 e. The van der Waals surface area contributed by atoms with E-state index in [0.717, 1.165) is 37.9 Å². The third-order valence-electron chi connectivity index (χ3n) is 6.71. The molecule has 12 heteroatoms. The van der Waals surface area contributed by atoms with Crippen LogP contribution in [0, 0.1) is 23.2 Å². The van der Waals surface area contributed by atoms with Gasteiger partial charge in [0.2, 0.25) is 0 Å². The molecule has 2 N–H and O–H groups in total. The Kier molecular flexibility index (Phi) is 8.82. The van der Waals surface area contributed by atoms with Gasteiger partial charge in [-0.25, -0.2) is 8.42 Å². The Morgan fingerprint density at radius 2 is 1.88 bits per heavy atom. The summed E-state index contributed by atoms with van der Waals surface area (Å²) in [5, 5.41) is 16.1. The van der Waals surface area contributed by atoms with E-state index in [1.54, 1.807) is 24.3 Å². The average Bonchev–Trinajstić information content (AvgIpc) is 3.24. The molecule has 0 bridgehead atoms. The van der Waals surface area contributed by atoms with Gasteiger partial charge in [0, 0.05) is 42.5 Å². The molecule has 0 radical (unpaired) electrons. The van der Waals surface area contributed by atoms with Crippen LogP contribution in [-0.2, 0) is 16.4 Å². The van der Waals surface area contributed by atoms with Crippen LogP contribution in [0.5, 0.6) is 5.75 Å². The van der Waals surface area contributed by atoms with Crippen molar-refractivity contribution in [2.75, 3.05) is 50.2 Å². The fourth-order valence-corrected chi connectivity index (χ4v) is 5.38. The number of ether oxygens (including phenoxy) is 1. The summed E-state index contributed by atoms with van der Waals surface area (Å²) in [7, 11) is -2.00. The molecule has 1 aromatic heterocycles. The summed E-state index contributed by atoms with van der Waals surface area (Å²) < 4.78 is 70.6. The van der Waals surface area contributed by atoms with Gasteiger partial charge in [-0.05, 0) is 49.1 Å². The van der Waals surface area contributed by atoms with E-state index in [2.05, 4.69) is 33.4 Å². The highest BCUT2D eigenvalue weighted by molar-refractivity contribution is 7.90. The second-order valence-corrected chi connectivity index (χ2v) is 11.6. The van der Waals surface area contributed by atoms with E-state index in [9.17, 15) is 21.6 Å². The summed E-state index contributed by atoms with van der Waals surface area (Å²) in [6.07, 6.45) is -1.68. The number of alkyl halides is 3. The SMILES string of the molecule is COc1cc(S(C)(=O)=O)ccc1NCC#Cc1cc2c(NC3CCN(CC#N)CC3)cccc2n1CC(F)(F)F. The van der Waals surface area contributed by atoms with Crippen molar-refractivity contribution in [3.63, 3.8) is 0 Å². The number of sulfone groups is 1. The summed E-state index contributed by atoms with van der Waals surface area (Å²) in [5.41, 5.74) is 1.91. The highest BCUT2D eigenvalue weighted by Crippen LogP contribution is 2.31. The van der Waals surface area contributed by atoms with Crippen molar-refractivity contribution in [2.24, 2.45) is 0 Å². The number of piperidine rings is 1. The minimum atomic E-state index is -4.44. The fourth-order valence-electron chi connectivity index (χ4n) is 4.74. The van der Waals surface area contributed by atoms with Gasteiger partial charge in [0.15, 0.2) is 9.84 Å². The molecule has 1 fully saturated rings. The number of methoxy groups -OCH3 is 1. The lowest BCUT2D eigenvalue weighted by molar-refractivity contribution is -0.140. The summed E-state index contributed by atoms with van der Waals surface area (Å²) in [6, 6.07) is 13.6. The highest BCUT2D eigenvalue weighted by Gasteiger charge is 2.30. The number of benzene rings is 2. The molecular weight excluding hydrogens is 543 g/mol. The van der Waals surface area contributed by atoms with E-state index in [0.29, 0.717) is 28.9 Å². The van der Waals surface area contributed by atoms with Gasteiger partial charge < -0.3 is 19.9 Å². The Bertz CT molecular complexity index is 1570. The second kappa shape index (κ2) is 12.1. The van der Waals surface area contributed by atoms with Crippen molar-refractivity contribution in [2.45, 2.75) is 36.5 Å². The summed E-state index contributed by atoms with van der Waals surface area (Å²) >= 11 is 0. The molecule has 3 aromatic rings. The zero-order chi connectivity index (χ0) is 28.9. The van der Waals surface area contributed by atoms with E-state index < -0.39 is 22.6 Å². The van der Waals surface area contributed by atoms with Crippen LogP contribution in [0.1, 0.15) is 18.5 Å². The third kappa shape index (κ3) is 7.20. The number of halogens is 3. The average molecular weight is 574 g/mol. The predicted molar refractivity (Wildman–Crippen MR) is 148 cm³/mol. The van der Waals surface area contributed by atoms with Gasteiger partial charge in [0.05, 0.1) is 48.1 Å². The molecule has 4 rings (SSSR count). The van der Waals surface area contributed by atoms with Crippen LogP contribution in [0.25, 0.3) is 10.9 Å². The van der Waals surface area contributed by atoms with E-state index >= 15 is 0 Å². The molecule has 1 aliphatic heterocycles.